The summed E-state index contributed by atoms with van der Waals surface area (Å²) in [5, 5.41) is 19.0. The van der Waals surface area contributed by atoms with Crippen molar-refractivity contribution in [2.24, 2.45) is 5.73 Å². The average molecular weight is 525 g/mol. The van der Waals surface area contributed by atoms with E-state index in [-0.39, 0.29) is 0 Å². The number of carboxylic acid groups (broad SMARTS) is 2. The highest BCUT2D eigenvalue weighted by atomic mass is 16.8. The molecule has 0 bridgehead atoms. The third-order valence-electron chi connectivity index (χ3n) is 3.10. The van der Waals surface area contributed by atoms with Gasteiger partial charge in [0.15, 0.2) is 0 Å². The molecule has 0 aliphatic heterocycles. The summed E-state index contributed by atoms with van der Waals surface area (Å²) in [4.78, 5) is 53.5. The second-order valence-corrected chi connectivity index (χ2v) is 10.3. The molecule has 0 saturated heterocycles. The van der Waals surface area contributed by atoms with Crippen LogP contribution in [0.1, 0.15) is 89.0 Å². The van der Waals surface area contributed by atoms with Crippen LogP contribution in [-0.2, 0) is 28.5 Å². The molecule has 0 aliphatic carbocycles. The second-order valence-electron chi connectivity index (χ2n) is 10.3. The zero-order valence-electron chi connectivity index (χ0n) is 23.2. The topological polar surface area (TPSA) is 201 Å². The molecule has 0 saturated carbocycles. The standard InChI is InChI=1S/C10H18O5.C9H17NO4.C4H9NO2/c1-9(2,3)14-7(11)13-8(12)15-10(4,5)6;1-5-6(7(11)12)10-8(13)14-9(2,3)4;1-2-3(5)4(6)7/h1-6H3;6H,5H2,1-4H3,(H,10,13)(H,11,12);3H,2,5H2,1H3,(H,6,7)/t;6-;3-/m.00/s1. The zero-order chi connectivity index (χ0) is 29.5. The van der Waals surface area contributed by atoms with Gasteiger partial charge >= 0.3 is 30.3 Å². The van der Waals surface area contributed by atoms with Crippen molar-refractivity contribution in [3.8, 4) is 0 Å². The monoisotopic (exact) mass is 524 g/mol. The first kappa shape index (κ1) is 37.5. The third kappa shape index (κ3) is 27.2. The Morgan fingerprint density at radius 2 is 1.06 bits per heavy atom. The van der Waals surface area contributed by atoms with Crippen LogP contribution in [0.2, 0.25) is 0 Å². The predicted molar refractivity (Wildman–Crippen MR) is 131 cm³/mol. The molecule has 212 valence electrons. The van der Waals surface area contributed by atoms with Crippen LogP contribution >= 0.6 is 0 Å². The highest BCUT2D eigenvalue weighted by molar-refractivity contribution is 5.80. The number of nitrogens with two attached hydrogens (primary N) is 1. The molecule has 0 heterocycles. The van der Waals surface area contributed by atoms with Crippen LogP contribution in [0.5, 0.6) is 0 Å². The lowest BCUT2D eigenvalue weighted by Crippen LogP contribution is -2.43. The largest absolute Gasteiger partial charge is 0.519 e. The number of nitrogens with one attached hydrogen (secondary N) is 1. The number of aliphatic carboxylic acids is 2. The number of ether oxygens (including phenoxy) is 4. The molecule has 0 aliphatic rings. The fourth-order valence-electron chi connectivity index (χ4n) is 1.57. The van der Waals surface area contributed by atoms with Gasteiger partial charge in [0.25, 0.3) is 0 Å². The predicted octanol–water partition coefficient (Wildman–Crippen LogP) is 4.06. The number of alkyl carbamates (subject to hydrolysis) is 1. The highest BCUT2D eigenvalue weighted by Crippen LogP contribution is 2.11. The van der Waals surface area contributed by atoms with Crippen LogP contribution in [-0.4, -0.2) is 69.4 Å². The summed E-state index contributed by atoms with van der Waals surface area (Å²) in [6, 6.07) is -1.56. The Balaban J connectivity index is -0.000000483. The minimum absolute atomic E-state index is 0.328. The number of carbonyl (C=O) groups is 5. The maximum atomic E-state index is 11.1. The summed E-state index contributed by atoms with van der Waals surface area (Å²) in [7, 11) is 0. The van der Waals surface area contributed by atoms with E-state index in [0.29, 0.717) is 12.8 Å². The van der Waals surface area contributed by atoms with Crippen molar-refractivity contribution in [1.29, 1.82) is 0 Å². The average Bonchev–Trinajstić information content (AvgIpc) is 2.61. The van der Waals surface area contributed by atoms with E-state index in [9.17, 15) is 24.0 Å². The van der Waals surface area contributed by atoms with E-state index in [1.165, 1.54) is 0 Å². The van der Waals surface area contributed by atoms with Crippen molar-refractivity contribution in [3.05, 3.63) is 0 Å². The van der Waals surface area contributed by atoms with Crippen LogP contribution in [0.15, 0.2) is 0 Å². The Kier molecular flexibility index (Phi) is 17.2. The molecule has 0 radical (unpaired) electrons. The molecule has 0 aromatic rings. The van der Waals surface area contributed by atoms with E-state index < -0.39 is 59.2 Å². The summed E-state index contributed by atoms with van der Waals surface area (Å²) in [5.41, 5.74) is 3.02. The maximum Gasteiger partial charge on any atom is 0.519 e. The van der Waals surface area contributed by atoms with Crippen LogP contribution in [0.25, 0.3) is 0 Å². The number of carbonyl (C=O) groups excluding carboxylic acids is 3. The molecule has 0 fully saturated rings. The number of hydrogen-bond acceptors (Lipinski definition) is 10. The number of carboxylic acids is 2. The van der Waals surface area contributed by atoms with Crippen molar-refractivity contribution in [2.75, 3.05) is 0 Å². The van der Waals surface area contributed by atoms with Gasteiger partial charge < -0.3 is 40.2 Å². The minimum atomic E-state index is -1.06. The van der Waals surface area contributed by atoms with Gasteiger partial charge in [-0.05, 0) is 75.2 Å². The lowest BCUT2D eigenvalue weighted by atomic mass is 10.2. The molecule has 1 amide bonds. The van der Waals surface area contributed by atoms with Gasteiger partial charge in [0, 0.05) is 0 Å². The molecule has 0 aromatic heterocycles. The SMILES string of the molecule is CC(C)(C)OC(=O)OC(=O)OC(C)(C)C.CC[C@H](N)C(=O)O.CC[C@H](NC(=O)OC(C)(C)C)C(=O)O. The van der Waals surface area contributed by atoms with Crippen molar-refractivity contribution < 1.29 is 53.1 Å². The van der Waals surface area contributed by atoms with Gasteiger partial charge in [-0.25, -0.2) is 19.2 Å². The summed E-state index contributed by atoms with van der Waals surface area (Å²) in [5.74, 6) is -1.99. The van der Waals surface area contributed by atoms with Crippen molar-refractivity contribution in [2.45, 2.75) is 118 Å². The van der Waals surface area contributed by atoms with Gasteiger partial charge in [-0.15, -0.1) is 0 Å². The molecule has 0 aromatic carbocycles. The number of amides is 1. The Labute approximate surface area is 213 Å². The fourth-order valence-corrected chi connectivity index (χ4v) is 1.57. The normalized spacial score (nSPS) is 12.7. The Morgan fingerprint density at radius 1 is 0.694 bits per heavy atom. The van der Waals surface area contributed by atoms with Crippen LogP contribution in [0.3, 0.4) is 0 Å². The fraction of sp³-hybridized carbons (Fsp3) is 0.783. The molecule has 0 rings (SSSR count). The summed E-state index contributed by atoms with van der Waals surface area (Å²) in [6.07, 6.45) is -2.00. The van der Waals surface area contributed by atoms with Gasteiger partial charge in [0.1, 0.15) is 28.9 Å². The molecule has 0 spiro atoms. The molecule has 5 N–H and O–H groups in total. The van der Waals surface area contributed by atoms with Gasteiger partial charge in [-0.2, -0.15) is 0 Å². The summed E-state index contributed by atoms with van der Waals surface area (Å²) in [6.45, 7) is 18.6. The third-order valence-corrected chi connectivity index (χ3v) is 3.10. The number of hydrogen-bond donors (Lipinski definition) is 4. The lowest BCUT2D eigenvalue weighted by molar-refractivity contribution is -0.140. The second kappa shape index (κ2) is 16.6. The quantitative estimate of drug-likeness (QED) is 0.228. The van der Waals surface area contributed by atoms with E-state index in [1.54, 1.807) is 76.2 Å². The van der Waals surface area contributed by atoms with Gasteiger partial charge in [-0.3, -0.25) is 4.79 Å². The smallest absolute Gasteiger partial charge is 0.480 e. The highest BCUT2D eigenvalue weighted by Gasteiger charge is 2.24. The first-order valence-corrected chi connectivity index (χ1v) is 11.3. The van der Waals surface area contributed by atoms with Gasteiger partial charge in [-0.1, -0.05) is 13.8 Å². The molecule has 0 unspecified atom stereocenters. The van der Waals surface area contributed by atoms with Crippen molar-refractivity contribution in [1.82, 2.24) is 5.32 Å². The first-order valence-electron chi connectivity index (χ1n) is 11.3. The molecule has 2 atom stereocenters. The molecule has 13 nitrogen and oxygen atoms in total. The summed E-state index contributed by atoms with van der Waals surface area (Å²) < 4.78 is 18.7. The van der Waals surface area contributed by atoms with E-state index in [2.05, 4.69) is 10.1 Å². The number of rotatable bonds is 5. The molecule has 36 heavy (non-hydrogen) atoms. The van der Waals surface area contributed by atoms with Crippen molar-refractivity contribution >= 4 is 30.3 Å². The van der Waals surface area contributed by atoms with Gasteiger partial charge in [0.2, 0.25) is 0 Å². The van der Waals surface area contributed by atoms with Crippen LogP contribution in [0, 0.1) is 0 Å². The Hall–Kier alpha value is -3.09. The van der Waals surface area contributed by atoms with E-state index >= 15 is 0 Å². The van der Waals surface area contributed by atoms with Crippen molar-refractivity contribution in [3.63, 3.8) is 0 Å². The lowest BCUT2D eigenvalue weighted by Gasteiger charge is -2.21. The summed E-state index contributed by atoms with van der Waals surface area (Å²) >= 11 is 0. The first-order chi connectivity index (χ1) is 15.9. The Bertz CT molecular complexity index is 691. The molecule has 13 heteroatoms. The minimum Gasteiger partial charge on any atom is -0.480 e. The Morgan fingerprint density at radius 3 is 1.25 bits per heavy atom. The molecular formula is C23H44N2O11. The van der Waals surface area contributed by atoms with E-state index in [1.807, 2.05) is 0 Å². The zero-order valence-corrected chi connectivity index (χ0v) is 23.2. The van der Waals surface area contributed by atoms with E-state index in [4.69, 9.17) is 30.2 Å². The van der Waals surface area contributed by atoms with Crippen LogP contribution in [0.4, 0.5) is 14.4 Å². The van der Waals surface area contributed by atoms with Crippen LogP contribution < -0.4 is 11.1 Å². The van der Waals surface area contributed by atoms with Gasteiger partial charge in [0.05, 0.1) is 0 Å². The maximum absolute atomic E-state index is 11.1. The molecular weight excluding hydrogens is 480 g/mol. The van der Waals surface area contributed by atoms with E-state index in [0.717, 1.165) is 0 Å².